The third-order valence-electron chi connectivity index (χ3n) is 2.90. The van der Waals surface area contributed by atoms with Gasteiger partial charge in [0.1, 0.15) is 5.01 Å². The SMILES string of the molecule is C=C/C=C(\C=C)C(=O)C(C#N)c1nc(C(/C=C\C)=C/C=C)cs1.CC.CC. The molecule has 1 unspecified atom stereocenters. The highest BCUT2D eigenvalue weighted by Crippen LogP contribution is 2.27. The molecule has 0 saturated carbocycles. The Labute approximate surface area is 168 Å². The van der Waals surface area contributed by atoms with Crippen molar-refractivity contribution in [3.63, 3.8) is 0 Å². The second-order valence-corrected chi connectivity index (χ2v) is 5.31. The molecule has 0 aromatic carbocycles. The minimum atomic E-state index is -0.950. The van der Waals surface area contributed by atoms with Crippen LogP contribution in [-0.2, 0) is 4.79 Å². The van der Waals surface area contributed by atoms with Gasteiger partial charge in [-0.25, -0.2) is 4.98 Å². The van der Waals surface area contributed by atoms with E-state index in [9.17, 15) is 10.1 Å². The second kappa shape index (κ2) is 16.7. The topological polar surface area (TPSA) is 53.8 Å². The van der Waals surface area contributed by atoms with Crippen molar-refractivity contribution in [3.8, 4) is 6.07 Å². The third-order valence-corrected chi connectivity index (χ3v) is 3.81. The van der Waals surface area contributed by atoms with E-state index in [-0.39, 0.29) is 5.78 Å². The van der Waals surface area contributed by atoms with Crippen molar-refractivity contribution in [2.24, 2.45) is 0 Å². The van der Waals surface area contributed by atoms with Crippen LogP contribution in [0.3, 0.4) is 0 Å². The van der Waals surface area contributed by atoms with Crippen molar-refractivity contribution in [2.75, 3.05) is 0 Å². The number of thiazole rings is 1. The average Bonchev–Trinajstić information content (AvgIpc) is 3.19. The van der Waals surface area contributed by atoms with Crippen molar-refractivity contribution in [1.82, 2.24) is 4.98 Å². The van der Waals surface area contributed by atoms with E-state index in [1.165, 1.54) is 29.6 Å². The van der Waals surface area contributed by atoms with E-state index >= 15 is 0 Å². The first-order valence-corrected chi connectivity index (χ1v) is 9.81. The summed E-state index contributed by atoms with van der Waals surface area (Å²) in [5.74, 6) is -1.28. The quantitative estimate of drug-likeness (QED) is 0.366. The van der Waals surface area contributed by atoms with Crippen molar-refractivity contribution in [2.45, 2.75) is 40.5 Å². The van der Waals surface area contributed by atoms with Crippen LogP contribution in [0.25, 0.3) is 5.57 Å². The summed E-state index contributed by atoms with van der Waals surface area (Å²) in [6.45, 7) is 20.7. The Bertz CT molecular complexity index is 743. The minimum absolute atomic E-state index is 0.330. The van der Waals surface area contributed by atoms with Crippen LogP contribution in [-0.4, -0.2) is 10.8 Å². The summed E-state index contributed by atoms with van der Waals surface area (Å²) in [4.78, 5) is 16.9. The molecule has 0 radical (unpaired) electrons. The molecular weight excluding hydrogens is 352 g/mol. The molecule has 144 valence electrons. The molecule has 27 heavy (non-hydrogen) atoms. The molecule has 1 heterocycles. The zero-order valence-electron chi connectivity index (χ0n) is 17.0. The van der Waals surface area contributed by atoms with E-state index < -0.39 is 5.92 Å². The van der Waals surface area contributed by atoms with Crippen LogP contribution < -0.4 is 0 Å². The van der Waals surface area contributed by atoms with E-state index in [1.54, 1.807) is 6.08 Å². The van der Waals surface area contributed by atoms with Gasteiger partial charge >= 0.3 is 0 Å². The Morgan fingerprint density at radius 2 is 1.78 bits per heavy atom. The largest absolute Gasteiger partial charge is 0.292 e. The van der Waals surface area contributed by atoms with E-state index in [2.05, 4.69) is 24.7 Å². The molecule has 1 rings (SSSR count). The van der Waals surface area contributed by atoms with Crippen LogP contribution in [0.2, 0.25) is 0 Å². The number of nitriles is 1. The second-order valence-electron chi connectivity index (χ2n) is 4.42. The number of hydrogen-bond acceptors (Lipinski definition) is 4. The summed E-state index contributed by atoms with van der Waals surface area (Å²) >= 11 is 1.29. The fourth-order valence-corrected chi connectivity index (χ4v) is 2.72. The molecule has 0 bridgehead atoms. The third kappa shape index (κ3) is 8.44. The zero-order chi connectivity index (χ0) is 21.2. The predicted octanol–water partition coefficient (Wildman–Crippen LogP) is 6.82. The van der Waals surface area contributed by atoms with Gasteiger partial charge < -0.3 is 0 Å². The highest BCUT2D eigenvalue weighted by atomic mass is 32.1. The summed E-state index contributed by atoms with van der Waals surface area (Å²) < 4.78 is 0. The number of allylic oxidation sites excluding steroid dienone is 9. The van der Waals surface area contributed by atoms with Crippen molar-refractivity contribution >= 4 is 22.7 Å². The first-order valence-electron chi connectivity index (χ1n) is 8.93. The van der Waals surface area contributed by atoms with Crippen LogP contribution >= 0.6 is 11.3 Å². The maximum atomic E-state index is 12.4. The molecule has 0 spiro atoms. The highest BCUT2D eigenvalue weighted by molar-refractivity contribution is 7.10. The van der Waals surface area contributed by atoms with Crippen LogP contribution in [0.4, 0.5) is 0 Å². The Morgan fingerprint density at radius 3 is 2.22 bits per heavy atom. The Balaban J connectivity index is 0. The molecule has 1 aromatic rings. The molecule has 0 N–H and O–H groups in total. The minimum Gasteiger partial charge on any atom is -0.292 e. The standard InChI is InChI=1S/C19H18N2OS.2C2H6/c1-5-9-14(8-4)18(22)16(12-20)19-21-17(13-23-19)15(10-6-2)11-7-3;2*1-2/h5-11,13,16H,1-2,4H2,3H3;2*1-2H3/b11-7-,14-9+,15-10+;;. The molecule has 0 saturated heterocycles. The fraction of sp³-hybridized carbons (Fsp3) is 0.261. The van der Waals surface area contributed by atoms with Crippen LogP contribution in [0.1, 0.15) is 51.2 Å². The summed E-state index contributed by atoms with van der Waals surface area (Å²) in [6, 6.07) is 2.03. The molecule has 0 aliphatic carbocycles. The average molecular weight is 383 g/mol. The number of nitrogens with zero attached hydrogens (tertiary/aromatic N) is 2. The first kappa shape index (κ1) is 26.5. The van der Waals surface area contributed by atoms with Crippen LogP contribution in [0.5, 0.6) is 0 Å². The number of carbonyl (C=O) groups is 1. The van der Waals surface area contributed by atoms with Gasteiger partial charge in [-0.15, -0.1) is 11.3 Å². The van der Waals surface area contributed by atoms with E-state index in [0.29, 0.717) is 16.3 Å². The van der Waals surface area contributed by atoms with E-state index in [4.69, 9.17) is 0 Å². The Morgan fingerprint density at radius 1 is 1.19 bits per heavy atom. The van der Waals surface area contributed by atoms with Crippen molar-refractivity contribution in [3.05, 3.63) is 83.9 Å². The van der Waals surface area contributed by atoms with Gasteiger partial charge in [0.05, 0.1) is 11.8 Å². The molecule has 0 aliphatic heterocycles. The van der Waals surface area contributed by atoms with Gasteiger partial charge in [0.25, 0.3) is 0 Å². The van der Waals surface area contributed by atoms with Gasteiger partial charge in [-0.3, -0.25) is 4.79 Å². The number of carbonyl (C=O) groups excluding carboxylic acids is 1. The van der Waals surface area contributed by atoms with E-state index in [1.807, 2.05) is 64.3 Å². The monoisotopic (exact) mass is 382 g/mol. The molecule has 1 aromatic heterocycles. The summed E-state index contributed by atoms with van der Waals surface area (Å²) in [5, 5.41) is 11.7. The Kier molecular flexibility index (Phi) is 16.4. The Hall–Kier alpha value is -2.77. The van der Waals surface area contributed by atoms with Crippen molar-refractivity contribution < 1.29 is 4.79 Å². The number of aromatic nitrogens is 1. The molecule has 0 fully saturated rings. The van der Waals surface area contributed by atoms with Gasteiger partial charge in [0.2, 0.25) is 0 Å². The van der Waals surface area contributed by atoms with Gasteiger partial charge in [-0.05, 0) is 6.92 Å². The normalized spacial score (nSPS) is 11.9. The predicted molar refractivity (Wildman–Crippen MR) is 120 cm³/mol. The maximum Gasteiger partial charge on any atom is 0.186 e. The van der Waals surface area contributed by atoms with Gasteiger partial charge in [-0.2, -0.15) is 5.26 Å². The molecule has 3 nitrogen and oxygen atoms in total. The molecule has 4 heteroatoms. The van der Waals surface area contributed by atoms with Gasteiger partial charge in [-0.1, -0.05) is 90.0 Å². The lowest BCUT2D eigenvalue weighted by Gasteiger charge is -2.05. The molecular formula is C23H30N2OS. The molecule has 0 amide bonds. The molecule has 0 aliphatic rings. The fourth-order valence-electron chi connectivity index (χ4n) is 1.86. The summed E-state index contributed by atoms with van der Waals surface area (Å²) in [6.07, 6.45) is 11.7. The number of ketones is 1. The number of rotatable bonds is 8. The number of hydrogen-bond donors (Lipinski definition) is 0. The summed E-state index contributed by atoms with van der Waals surface area (Å²) in [7, 11) is 0. The smallest absolute Gasteiger partial charge is 0.186 e. The number of Topliss-reactive ketones (excluding diaryl/α,β-unsaturated/α-hetero) is 1. The van der Waals surface area contributed by atoms with Gasteiger partial charge in [0.15, 0.2) is 11.7 Å². The lowest BCUT2D eigenvalue weighted by atomic mass is 9.99. The zero-order valence-corrected chi connectivity index (χ0v) is 17.8. The first-order chi connectivity index (χ1) is 13.1. The highest BCUT2D eigenvalue weighted by Gasteiger charge is 2.25. The maximum absolute atomic E-state index is 12.4. The van der Waals surface area contributed by atoms with Crippen molar-refractivity contribution in [1.29, 1.82) is 5.26 Å². The molecule has 1 atom stereocenters. The summed E-state index contributed by atoms with van der Waals surface area (Å²) in [5.41, 5.74) is 1.93. The lowest BCUT2D eigenvalue weighted by molar-refractivity contribution is -0.115. The van der Waals surface area contributed by atoms with E-state index in [0.717, 1.165) is 5.57 Å². The van der Waals surface area contributed by atoms with Crippen LogP contribution in [0, 0.1) is 11.3 Å². The van der Waals surface area contributed by atoms with Gasteiger partial charge in [0, 0.05) is 16.5 Å². The van der Waals surface area contributed by atoms with Crippen LogP contribution in [0.15, 0.2) is 73.2 Å². The lowest BCUT2D eigenvalue weighted by Crippen LogP contribution is -2.12.